The Kier molecular flexibility index (Phi) is 4.43. The second-order valence-corrected chi connectivity index (χ2v) is 5.98. The highest BCUT2D eigenvalue weighted by Crippen LogP contribution is 2.28. The summed E-state index contributed by atoms with van der Waals surface area (Å²) in [5, 5.41) is 8.87. The van der Waals surface area contributed by atoms with Crippen molar-refractivity contribution in [1.82, 2.24) is 0 Å². The number of ether oxygens (including phenoxy) is 1. The third-order valence-corrected chi connectivity index (χ3v) is 2.46. The Morgan fingerprint density at radius 1 is 1.38 bits per heavy atom. The fraction of sp³-hybridized carbons (Fsp3) is 0.333. The van der Waals surface area contributed by atoms with Gasteiger partial charge in [0.1, 0.15) is 17.2 Å². The summed E-state index contributed by atoms with van der Waals surface area (Å²) in [5.41, 5.74) is 3.92. The number of hydrogen-bond acceptors (Lipinski definition) is 7. The lowest BCUT2D eigenvalue weighted by Gasteiger charge is -2.20. The molecule has 0 unspecified atom stereocenters. The number of carbonyl (C=O) groups excluding carboxylic acids is 1. The van der Waals surface area contributed by atoms with Crippen LogP contribution in [0.1, 0.15) is 36.7 Å². The molecular weight excluding hydrogens is 303 g/mol. The van der Waals surface area contributed by atoms with Crippen LogP contribution in [-0.4, -0.2) is 20.0 Å². The Labute approximate surface area is 121 Å². The molecule has 0 fully saturated rings. The summed E-state index contributed by atoms with van der Waals surface area (Å²) in [5.74, 6) is -1.62. The molecule has 1 aromatic rings. The van der Waals surface area contributed by atoms with Gasteiger partial charge in [0.05, 0.1) is 11.3 Å². The van der Waals surface area contributed by atoms with Gasteiger partial charge >= 0.3 is 16.5 Å². The number of anilines is 1. The Hall–Kier alpha value is -2.34. The van der Waals surface area contributed by atoms with Gasteiger partial charge in [0.15, 0.2) is 5.75 Å². The summed E-state index contributed by atoms with van der Waals surface area (Å²) in [7, 11) is -5.36. The first kappa shape index (κ1) is 16.7. The van der Waals surface area contributed by atoms with E-state index in [9.17, 15) is 17.1 Å². The number of nitrogens with two attached hydrogens (primary N) is 1. The van der Waals surface area contributed by atoms with Crippen molar-refractivity contribution in [2.75, 3.05) is 5.73 Å². The largest absolute Gasteiger partial charge is 0.488 e. The van der Waals surface area contributed by atoms with E-state index in [4.69, 9.17) is 15.7 Å². The van der Waals surface area contributed by atoms with Crippen molar-refractivity contribution < 1.29 is 26.0 Å². The van der Waals surface area contributed by atoms with Crippen LogP contribution >= 0.6 is 0 Å². The van der Waals surface area contributed by atoms with Crippen molar-refractivity contribution in [2.24, 2.45) is 0 Å². The zero-order valence-corrected chi connectivity index (χ0v) is 12.3. The third kappa shape index (κ3) is 4.92. The van der Waals surface area contributed by atoms with Gasteiger partial charge in [-0.25, -0.2) is 4.79 Å². The zero-order chi connectivity index (χ0) is 16.4. The minimum Gasteiger partial charge on any atom is -0.456 e. The maximum Gasteiger partial charge on any atom is 0.488 e. The lowest BCUT2D eigenvalue weighted by atomic mass is 10.1. The van der Waals surface area contributed by atoms with Crippen LogP contribution in [0.25, 0.3) is 0 Å². The Balaban J connectivity index is 3.40. The number of nitriles is 1. The van der Waals surface area contributed by atoms with Crippen molar-refractivity contribution in [3.05, 3.63) is 23.3 Å². The van der Waals surface area contributed by atoms with E-state index in [0.29, 0.717) is 0 Å². The molecule has 0 radical (unpaired) electrons. The summed E-state index contributed by atoms with van der Waals surface area (Å²) < 4.78 is 42.9. The topological polar surface area (TPSA) is 119 Å². The number of hydrogen-bond donors (Lipinski definition) is 1. The number of rotatable bonds is 3. The molecule has 114 valence electrons. The van der Waals surface area contributed by atoms with Gasteiger partial charge in [-0.3, -0.25) is 0 Å². The van der Waals surface area contributed by atoms with Gasteiger partial charge in [-0.15, -0.1) is 0 Å². The van der Waals surface area contributed by atoms with Crippen LogP contribution in [0.2, 0.25) is 0 Å². The normalized spacial score (nSPS) is 11.6. The van der Waals surface area contributed by atoms with Crippen molar-refractivity contribution in [2.45, 2.75) is 26.4 Å². The van der Waals surface area contributed by atoms with Crippen molar-refractivity contribution >= 4 is 22.2 Å². The van der Waals surface area contributed by atoms with Crippen molar-refractivity contribution in [3.8, 4) is 11.8 Å². The number of halogens is 1. The molecule has 0 saturated heterocycles. The van der Waals surface area contributed by atoms with Gasteiger partial charge < -0.3 is 14.7 Å². The molecule has 0 aliphatic carbocycles. The van der Waals surface area contributed by atoms with Crippen molar-refractivity contribution in [3.63, 3.8) is 0 Å². The third-order valence-electron chi connectivity index (χ3n) is 2.08. The van der Waals surface area contributed by atoms with Crippen LogP contribution in [0.3, 0.4) is 0 Å². The predicted octanol–water partition coefficient (Wildman–Crippen LogP) is 1.69. The lowest BCUT2D eigenvalue weighted by molar-refractivity contribution is 0.00680. The summed E-state index contributed by atoms with van der Waals surface area (Å²) in [6, 6.07) is 3.56. The predicted molar refractivity (Wildman–Crippen MR) is 71.4 cm³/mol. The molecule has 21 heavy (non-hydrogen) atoms. The van der Waals surface area contributed by atoms with Crippen LogP contribution in [0.4, 0.5) is 9.57 Å². The first-order valence-corrected chi connectivity index (χ1v) is 6.95. The molecule has 0 aromatic heterocycles. The molecule has 1 aromatic carbocycles. The minimum absolute atomic E-state index is 0.0977. The highest BCUT2D eigenvalue weighted by Gasteiger charge is 2.25. The first-order valence-electron chi connectivity index (χ1n) is 5.64. The van der Waals surface area contributed by atoms with E-state index in [2.05, 4.69) is 4.18 Å². The van der Waals surface area contributed by atoms with E-state index >= 15 is 0 Å². The summed E-state index contributed by atoms with van der Waals surface area (Å²) >= 11 is 0. The molecule has 0 heterocycles. The molecule has 2 N–H and O–H groups in total. The van der Waals surface area contributed by atoms with E-state index in [0.717, 1.165) is 12.1 Å². The number of esters is 1. The Morgan fingerprint density at radius 3 is 2.38 bits per heavy atom. The van der Waals surface area contributed by atoms with Gasteiger partial charge in [0.25, 0.3) is 0 Å². The van der Waals surface area contributed by atoms with Gasteiger partial charge in [0, 0.05) is 6.07 Å². The van der Waals surface area contributed by atoms with Crippen LogP contribution in [-0.2, 0) is 15.2 Å². The first-order chi connectivity index (χ1) is 9.43. The molecule has 0 amide bonds. The van der Waals surface area contributed by atoms with E-state index < -0.39 is 33.4 Å². The van der Waals surface area contributed by atoms with Crippen LogP contribution in [0.5, 0.6) is 5.75 Å². The zero-order valence-electron chi connectivity index (χ0n) is 11.5. The molecule has 0 aliphatic heterocycles. The van der Waals surface area contributed by atoms with Crippen LogP contribution < -0.4 is 9.92 Å². The fourth-order valence-electron chi connectivity index (χ4n) is 1.36. The SMILES string of the molecule is CC(C)(C)OC(=O)c1cc(C#N)c(N)cc1OS(=O)(=O)F. The number of nitrogens with zero attached hydrogens (tertiary/aromatic N) is 1. The average molecular weight is 316 g/mol. The van der Waals surface area contributed by atoms with Gasteiger partial charge in [-0.1, -0.05) is 3.89 Å². The molecule has 0 saturated carbocycles. The Morgan fingerprint density at radius 2 is 1.95 bits per heavy atom. The number of nitrogen functional groups attached to an aromatic ring is 1. The number of benzene rings is 1. The molecular formula is C12H13FN2O5S. The number of carbonyl (C=O) groups is 1. The molecule has 1 rings (SSSR count). The second-order valence-electron chi connectivity index (χ2n) is 5.03. The van der Waals surface area contributed by atoms with E-state index in [1.807, 2.05) is 0 Å². The Bertz CT molecular complexity index is 716. The van der Waals surface area contributed by atoms with E-state index in [1.54, 1.807) is 26.8 Å². The fourth-order valence-corrected chi connectivity index (χ4v) is 1.71. The van der Waals surface area contributed by atoms with Gasteiger partial charge in [-0.2, -0.15) is 13.7 Å². The second kappa shape index (κ2) is 5.57. The monoisotopic (exact) mass is 316 g/mol. The summed E-state index contributed by atoms with van der Waals surface area (Å²) in [6.07, 6.45) is 0. The molecule has 0 bridgehead atoms. The highest BCUT2D eigenvalue weighted by molar-refractivity contribution is 7.81. The lowest BCUT2D eigenvalue weighted by Crippen LogP contribution is -2.24. The summed E-state index contributed by atoms with van der Waals surface area (Å²) in [6.45, 7) is 4.75. The smallest absolute Gasteiger partial charge is 0.456 e. The van der Waals surface area contributed by atoms with Gasteiger partial charge in [0.2, 0.25) is 0 Å². The standard InChI is InChI=1S/C12H13FN2O5S/c1-12(2,3)19-11(16)8-4-7(6-14)9(15)5-10(8)20-21(13,17)18/h4-5H,15H2,1-3H3. The van der Waals surface area contributed by atoms with Crippen LogP contribution in [0.15, 0.2) is 12.1 Å². The maximum atomic E-state index is 12.7. The van der Waals surface area contributed by atoms with Gasteiger partial charge in [-0.05, 0) is 26.8 Å². The maximum absolute atomic E-state index is 12.7. The van der Waals surface area contributed by atoms with Crippen molar-refractivity contribution in [1.29, 1.82) is 5.26 Å². The average Bonchev–Trinajstić information content (AvgIpc) is 2.24. The minimum atomic E-state index is -5.36. The highest BCUT2D eigenvalue weighted by atomic mass is 32.3. The van der Waals surface area contributed by atoms with E-state index in [-0.39, 0.29) is 11.3 Å². The molecule has 7 nitrogen and oxygen atoms in total. The molecule has 0 atom stereocenters. The quantitative estimate of drug-likeness (QED) is 0.512. The molecule has 0 aliphatic rings. The summed E-state index contributed by atoms with van der Waals surface area (Å²) in [4.78, 5) is 12.0. The molecule has 9 heteroatoms. The van der Waals surface area contributed by atoms with E-state index in [1.165, 1.54) is 0 Å². The molecule has 0 spiro atoms. The van der Waals surface area contributed by atoms with Crippen LogP contribution in [0, 0.1) is 11.3 Å².